The highest BCUT2D eigenvalue weighted by molar-refractivity contribution is 6.02. The topological polar surface area (TPSA) is 46.2 Å². The Bertz CT molecular complexity index is 606. The maximum Gasteiger partial charge on any atom is 0.234 e. The van der Waals surface area contributed by atoms with Gasteiger partial charge in [-0.05, 0) is 49.0 Å². The molecule has 1 aliphatic heterocycles. The van der Waals surface area contributed by atoms with E-state index in [0.717, 1.165) is 17.9 Å². The van der Waals surface area contributed by atoms with E-state index < -0.39 is 0 Å². The molecule has 1 aromatic rings. The predicted octanol–water partition coefficient (Wildman–Crippen LogP) is 2.93. The van der Waals surface area contributed by atoms with Crippen molar-refractivity contribution in [2.24, 2.45) is 17.3 Å². The van der Waals surface area contributed by atoms with Crippen molar-refractivity contribution in [3.8, 4) is 0 Å². The largest absolute Gasteiger partial charge is 0.296 e. The standard InChI is InChI=1S/C18H21NO2/c1-11-2-5-13(6-3-11)16-17(21)19-15(20)10-18(16)9-12-4-7-14(18)8-12/h2-3,5-6,12,14,16H,4,7-10H2,1H3,(H,19,20,21). The number of aryl methyl sites for hydroxylation is 1. The Balaban J connectivity index is 1.79. The highest BCUT2D eigenvalue weighted by Crippen LogP contribution is 2.64. The van der Waals surface area contributed by atoms with Crippen LogP contribution in [-0.2, 0) is 9.59 Å². The fourth-order valence-electron chi connectivity index (χ4n) is 5.21. The zero-order chi connectivity index (χ0) is 14.6. The van der Waals surface area contributed by atoms with Crippen LogP contribution in [0.1, 0.15) is 49.1 Å². The molecule has 4 rings (SSSR count). The molecule has 4 atom stereocenters. The fraction of sp³-hybridized carbons (Fsp3) is 0.556. The van der Waals surface area contributed by atoms with Crippen molar-refractivity contribution in [1.82, 2.24) is 5.32 Å². The second-order valence-corrected chi connectivity index (χ2v) is 7.25. The molecule has 0 radical (unpaired) electrons. The van der Waals surface area contributed by atoms with Gasteiger partial charge in [-0.15, -0.1) is 0 Å². The summed E-state index contributed by atoms with van der Waals surface area (Å²) in [5.74, 6) is 0.968. The Labute approximate surface area is 125 Å². The zero-order valence-corrected chi connectivity index (χ0v) is 12.4. The third kappa shape index (κ3) is 1.86. The van der Waals surface area contributed by atoms with Crippen LogP contribution in [0.4, 0.5) is 0 Å². The molecule has 0 aromatic heterocycles. The van der Waals surface area contributed by atoms with E-state index in [1.807, 2.05) is 0 Å². The molecular weight excluding hydrogens is 262 g/mol. The number of carbonyl (C=O) groups is 2. The van der Waals surface area contributed by atoms with Crippen molar-refractivity contribution >= 4 is 11.8 Å². The summed E-state index contributed by atoms with van der Waals surface area (Å²) in [5, 5.41) is 2.58. The van der Waals surface area contributed by atoms with Gasteiger partial charge in [-0.1, -0.05) is 36.2 Å². The number of fused-ring (bicyclic) bond motifs is 3. The third-order valence-electron chi connectivity index (χ3n) is 6.02. The van der Waals surface area contributed by atoms with Gasteiger partial charge in [-0.3, -0.25) is 14.9 Å². The van der Waals surface area contributed by atoms with Crippen molar-refractivity contribution in [3.63, 3.8) is 0 Å². The van der Waals surface area contributed by atoms with Gasteiger partial charge in [0, 0.05) is 6.42 Å². The lowest BCUT2D eigenvalue weighted by molar-refractivity contribution is -0.142. The summed E-state index contributed by atoms with van der Waals surface area (Å²) in [4.78, 5) is 24.6. The van der Waals surface area contributed by atoms with Crippen molar-refractivity contribution in [3.05, 3.63) is 35.4 Å². The molecular formula is C18H21NO2. The minimum Gasteiger partial charge on any atom is -0.296 e. The maximum absolute atomic E-state index is 12.6. The third-order valence-corrected chi connectivity index (χ3v) is 6.02. The highest BCUT2D eigenvalue weighted by Gasteiger charge is 2.59. The molecule has 3 fully saturated rings. The van der Waals surface area contributed by atoms with Gasteiger partial charge in [0.2, 0.25) is 11.8 Å². The van der Waals surface area contributed by atoms with Gasteiger partial charge < -0.3 is 0 Å². The van der Waals surface area contributed by atoms with Crippen LogP contribution in [0, 0.1) is 24.2 Å². The number of carbonyl (C=O) groups excluding carboxylic acids is 2. The number of hydrogen-bond donors (Lipinski definition) is 1. The molecule has 110 valence electrons. The quantitative estimate of drug-likeness (QED) is 0.805. The average Bonchev–Trinajstić information content (AvgIpc) is 3.00. The number of hydrogen-bond acceptors (Lipinski definition) is 2. The SMILES string of the molecule is Cc1ccc(C2C(=O)NC(=O)CC23CC2CCC3C2)cc1. The minimum atomic E-state index is -0.147. The number of imide groups is 1. The summed E-state index contributed by atoms with van der Waals surface area (Å²) < 4.78 is 0. The molecule has 3 heteroatoms. The van der Waals surface area contributed by atoms with E-state index in [-0.39, 0.29) is 23.1 Å². The molecule has 4 unspecified atom stereocenters. The van der Waals surface area contributed by atoms with Crippen molar-refractivity contribution in [2.45, 2.75) is 44.9 Å². The van der Waals surface area contributed by atoms with E-state index in [0.29, 0.717) is 12.3 Å². The normalized spacial score (nSPS) is 38.0. The summed E-state index contributed by atoms with van der Waals surface area (Å²) in [6, 6.07) is 8.28. The van der Waals surface area contributed by atoms with Gasteiger partial charge in [0.05, 0.1) is 5.92 Å². The van der Waals surface area contributed by atoms with Crippen LogP contribution in [0.3, 0.4) is 0 Å². The number of nitrogens with one attached hydrogen (secondary N) is 1. The first-order valence-corrected chi connectivity index (χ1v) is 7.99. The Morgan fingerprint density at radius 3 is 2.52 bits per heavy atom. The molecule has 1 heterocycles. The van der Waals surface area contributed by atoms with Crippen molar-refractivity contribution in [2.75, 3.05) is 0 Å². The van der Waals surface area contributed by atoms with Crippen LogP contribution in [-0.4, -0.2) is 11.8 Å². The molecule has 2 amide bonds. The Morgan fingerprint density at radius 1 is 1.14 bits per heavy atom. The summed E-state index contributed by atoms with van der Waals surface area (Å²) >= 11 is 0. The van der Waals surface area contributed by atoms with Crippen LogP contribution in [0.15, 0.2) is 24.3 Å². The van der Waals surface area contributed by atoms with Gasteiger partial charge in [-0.2, -0.15) is 0 Å². The lowest BCUT2D eigenvalue weighted by Crippen LogP contribution is -2.52. The molecule has 1 spiro atoms. The smallest absolute Gasteiger partial charge is 0.234 e. The van der Waals surface area contributed by atoms with Gasteiger partial charge >= 0.3 is 0 Å². The first-order chi connectivity index (χ1) is 10.1. The molecule has 1 aromatic carbocycles. The molecule has 3 aliphatic rings. The average molecular weight is 283 g/mol. The highest BCUT2D eigenvalue weighted by atomic mass is 16.2. The van der Waals surface area contributed by atoms with E-state index in [4.69, 9.17) is 0 Å². The van der Waals surface area contributed by atoms with Gasteiger partial charge in [0.25, 0.3) is 0 Å². The second kappa shape index (κ2) is 4.43. The molecule has 1 N–H and O–H groups in total. The van der Waals surface area contributed by atoms with Crippen LogP contribution in [0.25, 0.3) is 0 Å². The Hall–Kier alpha value is -1.64. The minimum absolute atomic E-state index is 0.0732. The van der Waals surface area contributed by atoms with E-state index in [9.17, 15) is 9.59 Å². The van der Waals surface area contributed by atoms with Crippen LogP contribution >= 0.6 is 0 Å². The van der Waals surface area contributed by atoms with Crippen LogP contribution in [0.5, 0.6) is 0 Å². The molecule has 3 nitrogen and oxygen atoms in total. The lowest BCUT2D eigenvalue weighted by Gasteiger charge is -2.46. The first kappa shape index (κ1) is 13.1. The fourth-order valence-corrected chi connectivity index (χ4v) is 5.21. The van der Waals surface area contributed by atoms with Gasteiger partial charge in [0.15, 0.2) is 0 Å². The molecule has 2 saturated carbocycles. The Kier molecular flexibility index (Phi) is 2.75. The zero-order valence-electron chi connectivity index (χ0n) is 12.4. The summed E-state index contributed by atoms with van der Waals surface area (Å²) in [6.07, 6.45) is 5.26. The summed E-state index contributed by atoms with van der Waals surface area (Å²) in [6.45, 7) is 2.06. The second-order valence-electron chi connectivity index (χ2n) is 7.25. The number of piperidine rings is 1. The maximum atomic E-state index is 12.6. The molecule has 21 heavy (non-hydrogen) atoms. The van der Waals surface area contributed by atoms with Crippen molar-refractivity contribution in [1.29, 1.82) is 0 Å². The van der Waals surface area contributed by atoms with Crippen molar-refractivity contribution < 1.29 is 9.59 Å². The van der Waals surface area contributed by atoms with E-state index in [1.165, 1.54) is 24.8 Å². The molecule has 2 bridgehead atoms. The van der Waals surface area contributed by atoms with E-state index in [1.54, 1.807) is 0 Å². The monoisotopic (exact) mass is 283 g/mol. The number of benzene rings is 1. The van der Waals surface area contributed by atoms with Gasteiger partial charge in [-0.25, -0.2) is 0 Å². The number of amides is 2. The molecule has 2 aliphatic carbocycles. The van der Waals surface area contributed by atoms with E-state index >= 15 is 0 Å². The Morgan fingerprint density at radius 2 is 1.90 bits per heavy atom. The summed E-state index contributed by atoms with van der Waals surface area (Å²) in [5.41, 5.74) is 2.17. The van der Waals surface area contributed by atoms with Crippen LogP contribution < -0.4 is 5.32 Å². The van der Waals surface area contributed by atoms with Crippen LogP contribution in [0.2, 0.25) is 0 Å². The number of rotatable bonds is 1. The van der Waals surface area contributed by atoms with Gasteiger partial charge in [0.1, 0.15) is 0 Å². The molecule has 1 saturated heterocycles. The summed E-state index contributed by atoms with van der Waals surface area (Å²) in [7, 11) is 0. The predicted molar refractivity (Wildman–Crippen MR) is 79.6 cm³/mol. The van der Waals surface area contributed by atoms with E-state index in [2.05, 4.69) is 36.5 Å². The first-order valence-electron chi connectivity index (χ1n) is 7.99. The lowest BCUT2D eigenvalue weighted by atomic mass is 9.59.